The first-order valence-corrected chi connectivity index (χ1v) is 8.38. The van der Waals surface area contributed by atoms with Crippen molar-refractivity contribution in [3.05, 3.63) is 57.4 Å². The fourth-order valence-electron chi connectivity index (χ4n) is 2.69. The molecular weight excluding hydrogens is 292 g/mol. The molecule has 2 aromatic heterocycles. The summed E-state index contributed by atoms with van der Waals surface area (Å²) in [6.07, 6.45) is 0. The van der Waals surface area contributed by atoms with Crippen LogP contribution in [0.4, 0.5) is 0 Å². The lowest BCUT2D eigenvalue weighted by Gasteiger charge is -2.20. The minimum absolute atomic E-state index is 0.0936. The molecule has 0 spiro atoms. The Hall–Kier alpha value is -2.07. The molecule has 0 saturated heterocycles. The van der Waals surface area contributed by atoms with Crippen molar-refractivity contribution < 1.29 is 4.79 Å². The van der Waals surface area contributed by atoms with Gasteiger partial charge in [-0.25, -0.2) is 0 Å². The van der Waals surface area contributed by atoms with Crippen LogP contribution in [0.15, 0.2) is 35.7 Å². The van der Waals surface area contributed by atoms with Crippen LogP contribution in [-0.4, -0.2) is 22.3 Å². The molecule has 3 aromatic rings. The predicted molar refractivity (Wildman–Crippen MR) is 92.5 cm³/mol. The van der Waals surface area contributed by atoms with E-state index in [4.69, 9.17) is 0 Å². The van der Waals surface area contributed by atoms with Crippen LogP contribution in [0.2, 0.25) is 0 Å². The number of nitrogens with one attached hydrogen (secondary N) is 1. The number of aromatic amines is 1. The summed E-state index contributed by atoms with van der Waals surface area (Å²) in [6, 6.07) is 10.0. The minimum Gasteiger partial charge on any atom is -0.358 e. The van der Waals surface area contributed by atoms with Crippen molar-refractivity contribution in [2.75, 3.05) is 6.54 Å². The first-order valence-electron chi connectivity index (χ1n) is 7.50. The maximum absolute atomic E-state index is 12.8. The van der Waals surface area contributed by atoms with Crippen molar-refractivity contribution in [2.45, 2.75) is 27.3 Å². The van der Waals surface area contributed by atoms with Crippen molar-refractivity contribution >= 4 is 28.1 Å². The Bertz CT molecular complexity index is 802. The first-order chi connectivity index (χ1) is 10.6. The molecule has 22 heavy (non-hydrogen) atoms. The lowest BCUT2D eigenvalue weighted by Crippen LogP contribution is -2.29. The van der Waals surface area contributed by atoms with Crippen molar-refractivity contribution in [1.82, 2.24) is 9.88 Å². The summed E-state index contributed by atoms with van der Waals surface area (Å²) >= 11 is 1.69. The number of nitrogens with zero attached hydrogens (tertiary/aromatic N) is 1. The lowest BCUT2D eigenvalue weighted by atomic mass is 10.1. The van der Waals surface area contributed by atoms with E-state index in [0.29, 0.717) is 13.1 Å². The van der Waals surface area contributed by atoms with Gasteiger partial charge in [-0.3, -0.25) is 4.79 Å². The van der Waals surface area contributed by atoms with Crippen LogP contribution >= 0.6 is 11.3 Å². The Morgan fingerprint density at radius 3 is 2.77 bits per heavy atom. The summed E-state index contributed by atoms with van der Waals surface area (Å²) in [6.45, 7) is 7.56. The Balaban J connectivity index is 1.91. The molecule has 0 saturated carbocycles. The molecule has 2 heterocycles. The number of benzene rings is 1. The molecule has 1 N–H and O–H groups in total. The van der Waals surface area contributed by atoms with Crippen molar-refractivity contribution in [2.24, 2.45) is 0 Å². The second-order valence-electron chi connectivity index (χ2n) is 5.53. The van der Waals surface area contributed by atoms with Crippen LogP contribution in [0.25, 0.3) is 10.9 Å². The van der Waals surface area contributed by atoms with E-state index in [1.54, 1.807) is 11.3 Å². The molecule has 0 aliphatic rings. The number of carbonyl (C=O) groups is 1. The number of hydrogen-bond donors (Lipinski definition) is 1. The highest BCUT2D eigenvalue weighted by molar-refractivity contribution is 7.09. The van der Waals surface area contributed by atoms with E-state index in [2.05, 4.69) is 24.9 Å². The van der Waals surface area contributed by atoms with Gasteiger partial charge < -0.3 is 9.88 Å². The van der Waals surface area contributed by atoms with Crippen molar-refractivity contribution in [1.29, 1.82) is 0 Å². The SMILES string of the molecule is CCN(Cc1cccs1)C(=O)c1ccc2[nH]c(C)c(C)c2c1. The summed E-state index contributed by atoms with van der Waals surface area (Å²) in [5.74, 6) is 0.0936. The zero-order valence-corrected chi connectivity index (χ0v) is 14.0. The molecule has 1 aromatic carbocycles. The Kier molecular flexibility index (Phi) is 4.03. The third kappa shape index (κ3) is 2.66. The summed E-state index contributed by atoms with van der Waals surface area (Å²) in [5, 5.41) is 3.18. The number of aryl methyl sites for hydroxylation is 2. The summed E-state index contributed by atoms with van der Waals surface area (Å²) in [5.41, 5.74) is 4.22. The van der Waals surface area contributed by atoms with Crippen LogP contribution in [0.1, 0.15) is 33.4 Å². The molecule has 0 bridgehead atoms. The second-order valence-corrected chi connectivity index (χ2v) is 6.57. The molecule has 4 heteroatoms. The van der Waals surface area contributed by atoms with Crippen molar-refractivity contribution in [3.8, 4) is 0 Å². The average molecular weight is 312 g/mol. The second kappa shape index (κ2) is 5.97. The fourth-order valence-corrected chi connectivity index (χ4v) is 3.41. The van der Waals surface area contributed by atoms with Gasteiger partial charge in [0.05, 0.1) is 6.54 Å². The molecule has 1 amide bonds. The lowest BCUT2D eigenvalue weighted by molar-refractivity contribution is 0.0754. The average Bonchev–Trinajstić information content (AvgIpc) is 3.13. The van der Waals surface area contributed by atoms with E-state index in [1.807, 2.05) is 41.5 Å². The van der Waals surface area contributed by atoms with Gasteiger partial charge in [0.15, 0.2) is 0 Å². The Morgan fingerprint density at radius 1 is 1.27 bits per heavy atom. The largest absolute Gasteiger partial charge is 0.358 e. The van der Waals surface area contributed by atoms with Crippen LogP contribution in [0.3, 0.4) is 0 Å². The molecule has 0 unspecified atom stereocenters. The van der Waals surface area contributed by atoms with Crippen LogP contribution in [0.5, 0.6) is 0 Å². The smallest absolute Gasteiger partial charge is 0.254 e. The minimum atomic E-state index is 0.0936. The number of rotatable bonds is 4. The fraction of sp³-hybridized carbons (Fsp3) is 0.278. The zero-order valence-electron chi connectivity index (χ0n) is 13.1. The van der Waals surface area contributed by atoms with Gasteiger partial charge in [0.1, 0.15) is 0 Å². The Morgan fingerprint density at radius 2 is 2.09 bits per heavy atom. The van der Waals surface area contributed by atoms with Crippen LogP contribution in [-0.2, 0) is 6.54 Å². The summed E-state index contributed by atoms with van der Waals surface area (Å²) in [7, 11) is 0. The standard InChI is InChI=1S/C18H20N2OS/c1-4-20(11-15-6-5-9-22-15)18(21)14-7-8-17-16(10-14)12(2)13(3)19-17/h5-10,19H,4,11H2,1-3H3. The summed E-state index contributed by atoms with van der Waals surface area (Å²) in [4.78, 5) is 19.2. The van der Waals surface area contributed by atoms with E-state index < -0.39 is 0 Å². The Labute approximate surface area is 134 Å². The number of thiophene rings is 1. The monoisotopic (exact) mass is 312 g/mol. The normalized spacial score (nSPS) is 11.0. The number of H-pyrrole nitrogens is 1. The van der Waals surface area contributed by atoms with Gasteiger partial charge in [-0.05, 0) is 56.0 Å². The first kappa shape index (κ1) is 14.9. The van der Waals surface area contributed by atoms with E-state index in [-0.39, 0.29) is 5.91 Å². The van der Waals surface area contributed by atoms with Crippen LogP contribution in [0, 0.1) is 13.8 Å². The van der Waals surface area contributed by atoms with Gasteiger partial charge in [0.25, 0.3) is 5.91 Å². The van der Waals surface area contributed by atoms with Gasteiger partial charge in [0, 0.05) is 33.6 Å². The third-order valence-electron chi connectivity index (χ3n) is 4.15. The number of hydrogen-bond acceptors (Lipinski definition) is 2. The molecule has 0 fully saturated rings. The van der Waals surface area contributed by atoms with E-state index in [1.165, 1.54) is 10.4 Å². The van der Waals surface area contributed by atoms with E-state index in [9.17, 15) is 4.79 Å². The van der Waals surface area contributed by atoms with E-state index in [0.717, 1.165) is 22.2 Å². The van der Waals surface area contributed by atoms with Gasteiger partial charge >= 0.3 is 0 Å². The number of fused-ring (bicyclic) bond motifs is 1. The van der Waals surface area contributed by atoms with Gasteiger partial charge in [0.2, 0.25) is 0 Å². The number of aromatic nitrogens is 1. The van der Waals surface area contributed by atoms with Gasteiger partial charge in [-0.1, -0.05) is 6.07 Å². The molecule has 3 nitrogen and oxygen atoms in total. The highest BCUT2D eigenvalue weighted by Crippen LogP contribution is 2.23. The summed E-state index contributed by atoms with van der Waals surface area (Å²) < 4.78 is 0. The van der Waals surface area contributed by atoms with E-state index >= 15 is 0 Å². The van der Waals surface area contributed by atoms with Crippen molar-refractivity contribution in [3.63, 3.8) is 0 Å². The van der Waals surface area contributed by atoms with Crippen LogP contribution < -0.4 is 0 Å². The molecule has 114 valence electrons. The quantitative estimate of drug-likeness (QED) is 0.756. The molecule has 0 aliphatic heterocycles. The van der Waals surface area contributed by atoms with Gasteiger partial charge in [-0.2, -0.15) is 0 Å². The molecule has 0 aliphatic carbocycles. The predicted octanol–water partition coefficient (Wildman–Crippen LogP) is 4.51. The maximum atomic E-state index is 12.8. The molecule has 3 rings (SSSR count). The molecule has 0 atom stereocenters. The maximum Gasteiger partial charge on any atom is 0.254 e. The zero-order chi connectivity index (χ0) is 15.7. The highest BCUT2D eigenvalue weighted by atomic mass is 32.1. The number of amides is 1. The molecule has 0 radical (unpaired) electrons. The topological polar surface area (TPSA) is 36.1 Å². The molecular formula is C18H20N2OS. The van der Waals surface area contributed by atoms with Gasteiger partial charge in [-0.15, -0.1) is 11.3 Å². The highest BCUT2D eigenvalue weighted by Gasteiger charge is 2.16. The number of carbonyl (C=O) groups excluding carboxylic acids is 1. The third-order valence-corrected chi connectivity index (χ3v) is 5.01.